The van der Waals surface area contributed by atoms with Crippen molar-refractivity contribution >= 4 is 11.9 Å². The Kier molecular flexibility index (Phi) is 8.91. The number of carbonyl (C=O) groups excluding carboxylic acids is 1. The molecule has 0 amide bonds. The number of methoxy groups -OCH3 is 1. The molecule has 0 aliphatic carbocycles. The third-order valence-electron chi connectivity index (χ3n) is 5.45. The molecule has 3 rings (SSSR count). The van der Waals surface area contributed by atoms with Crippen molar-refractivity contribution in [1.29, 1.82) is 0 Å². The first-order valence-electron chi connectivity index (χ1n) is 11.0. The molecule has 1 saturated heterocycles. The fourth-order valence-corrected chi connectivity index (χ4v) is 3.76. The van der Waals surface area contributed by atoms with Crippen molar-refractivity contribution in [1.82, 2.24) is 10.2 Å². The number of rotatable bonds is 8. The number of nitrogens with one attached hydrogen (secondary N) is 1. The van der Waals surface area contributed by atoms with Crippen LogP contribution in [0.5, 0.6) is 0 Å². The summed E-state index contributed by atoms with van der Waals surface area (Å²) < 4.78 is 10.8. The average Bonchev–Trinajstić information content (AvgIpc) is 2.82. The Balaban J connectivity index is 1.54. The molecular formula is C25H33N3O3. The highest BCUT2D eigenvalue weighted by Crippen LogP contribution is 2.19. The zero-order valence-electron chi connectivity index (χ0n) is 18.5. The van der Waals surface area contributed by atoms with E-state index < -0.39 is 0 Å². The van der Waals surface area contributed by atoms with Crippen LogP contribution < -0.4 is 5.32 Å². The zero-order chi connectivity index (χ0) is 21.9. The normalized spacial score (nSPS) is 15.0. The Morgan fingerprint density at radius 2 is 1.71 bits per heavy atom. The molecule has 6 nitrogen and oxygen atoms in total. The van der Waals surface area contributed by atoms with Gasteiger partial charge in [0.05, 0.1) is 32.8 Å². The van der Waals surface area contributed by atoms with Crippen molar-refractivity contribution in [3.63, 3.8) is 0 Å². The zero-order valence-corrected chi connectivity index (χ0v) is 18.5. The molecule has 0 aromatic heterocycles. The van der Waals surface area contributed by atoms with Crippen molar-refractivity contribution in [2.75, 3.05) is 26.7 Å². The summed E-state index contributed by atoms with van der Waals surface area (Å²) in [4.78, 5) is 18.8. The topological polar surface area (TPSA) is 63.2 Å². The number of hydrogen-bond acceptors (Lipinski definition) is 4. The van der Waals surface area contributed by atoms with Gasteiger partial charge in [-0.25, -0.2) is 4.99 Å². The van der Waals surface area contributed by atoms with E-state index in [-0.39, 0.29) is 11.9 Å². The van der Waals surface area contributed by atoms with Crippen molar-refractivity contribution < 1.29 is 14.3 Å². The van der Waals surface area contributed by atoms with Gasteiger partial charge in [0.1, 0.15) is 0 Å². The third kappa shape index (κ3) is 7.10. The summed E-state index contributed by atoms with van der Waals surface area (Å²) in [7, 11) is 1.46. The predicted octanol–water partition coefficient (Wildman–Crippen LogP) is 3.75. The van der Waals surface area contributed by atoms with Crippen LogP contribution in [0, 0.1) is 5.92 Å². The maximum absolute atomic E-state index is 11.8. The van der Waals surface area contributed by atoms with Crippen LogP contribution in [0.3, 0.4) is 0 Å². The summed E-state index contributed by atoms with van der Waals surface area (Å²) in [5, 5.41) is 3.38. The van der Waals surface area contributed by atoms with Gasteiger partial charge >= 0.3 is 5.97 Å². The van der Waals surface area contributed by atoms with Crippen LogP contribution in [-0.4, -0.2) is 43.6 Å². The van der Waals surface area contributed by atoms with Crippen LogP contribution in [0.4, 0.5) is 0 Å². The number of likely N-dealkylation sites (tertiary alicyclic amines) is 1. The molecule has 2 aromatic carbocycles. The minimum Gasteiger partial charge on any atom is -0.469 e. The molecule has 2 aromatic rings. The molecule has 0 atom stereocenters. The molecule has 1 N–H and O–H groups in total. The molecule has 6 heteroatoms. The quantitative estimate of drug-likeness (QED) is 0.398. The molecule has 1 aliphatic rings. The monoisotopic (exact) mass is 423 g/mol. The highest BCUT2D eigenvalue weighted by atomic mass is 16.5. The first-order chi connectivity index (χ1) is 15.2. The van der Waals surface area contributed by atoms with E-state index in [1.165, 1.54) is 12.7 Å². The van der Waals surface area contributed by atoms with Crippen LogP contribution in [0.15, 0.2) is 59.6 Å². The Hall–Kier alpha value is -2.86. The summed E-state index contributed by atoms with van der Waals surface area (Å²) in [5.74, 6) is 0.793. The molecule has 1 heterocycles. The summed E-state index contributed by atoms with van der Waals surface area (Å²) in [6.07, 6.45) is 1.59. The number of piperidine rings is 1. The molecule has 31 heavy (non-hydrogen) atoms. The highest BCUT2D eigenvalue weighted by molar-refractivity contribution is 5.80. The molecule has 1 aliphatic heterocycles. The highest BCUT2D eigenvalue weighted by Gasteiger charge is 2.26. The summed E-state index contributed by atoms with van der Waals surface area (Å²) in [6.45, 7) is 6.27. The molecule has 1 fully saturated rings. The van der Waals surface area contributed by atoms with Crippen molar-refractivity contribution in [3.05, 3.63) is 71.3 Å². The molecule has 0 spiro atoms. The molecule has 0 bridgehead atoms. The van der Waals surface area contributed by atoms with Crippen LogP contribution in [0.25, 0.3) is 0 Å². The number of esters is 1. The van der Waals surface area contributed by atoms with Crippen LogP contribution in [0.2, 0.25) is 0 Å². The van der Waals surface area contributed by atoms with Gasteiger partial charge in [-0.2, -0.15) is 0 Å². The maximum Gasteiger partial charge on any atom is 0.308 e. The Labute approximate surface area is 185 Å². The van der Waals surface area contributed by atoms with E-state index in [0.717, 1.165) is 49.6 Å². The van der Waals surface area contributed by atoms with E-state index in [4.69, 9.17) is 14.5 Å². The number of aliphatic imine (C=N–C) groups is 1. The SMILES string of the molecule is CCNC(=NCc1cccc(COCc2ccccc2)c1)N1CCC(C(=O)OC)CC1. The van der Waals surface area contributed by atoms with Crippen molar-refractivity contribution in [2.45, 2.75) is 39.5 Å². The van der Waals surface area contributed by atoms with Gasteiger partial charge in [0.25, 0.3) is 0 Å². The Morgan fingerprint density at radius 1 is 1.03 bits per heavy atom. The van der Waals surface area contributed by atoms with Crippen molar-refractivity contribution in [3.8, 4) is 0 Å². The van der Waals surface area contributed by atoms with Crippen LogP contribution in [-0.2, 0) is 34.0 Å². The Morgan fingerprint density at radius 3 is 2.42 bits per heavy atom. The van der Waals surface area contributed by atoms with Gasteiger partial charge in [-0.15, -0.1) is 0 Å². The number of guanidine groups is 1. The van der Waals surface area contributed by atoms with E-state index in [1.54, 1.807) is 0 Å². The standard InChI is InChI=1S/C25H33N3O3/c1-3-26-25(28-14-12-23(13-15-28)24(29)30-2)27-17-21-10-7-11-22(16-21)19-31-18-20-8-5-4-6-9-20/h4-11,16,23H,3,12-15,17-19H2,1-2H3,(H,26,27). The second kappa shape index (κ2) is 12.1. The third-order valence-corrected chi connectivity index (χ3v) is 5.45. The largest absolute Gasteiger partial charge is 0.469 e. The number of hydrogen-bond donors (Lipinski definition) is 1. The molecular weight excluding hydrogens is 390 g/mol. The second-order valence-electron chi connectivity index (χ2n) is 7.75. The van der Waals surface area contributed by atoms with Gasteiger partial charge in [-0.05, 0) is 36.5 Å². The number of nitrogens with zero attached hydrogens (tertiary/aromatic N) is 2. The summed E-state index contributed by atoms with van der Waals surface area (Å²) in [5.41, 5.74) is 3.47. The summed E-state index contributed by atoms with van der Waals surface area (Å²) >= 11 is 0. The van der Waals surface area contributed by atoms with Gasteiger partial charge in [-0.1, -0.05) is 54.6 Å². The van der Waals surface area contributed by atoms with Gasteiger partial charge in [0, 0.05) is 19.6 Å². The van der Waals surface area contributed by atoms with Crippen molar-refractivity contribution in [2.24, 2.45) is 10.9 Å². The molecule has 0 unspecified atom stereocenters. The lowest BCUT2D eigenvalue weighted by Crippen LogP contribution is -2.46. The molecule has 166 valence electrons. The van der Waals surface area contributed by atoms with Crippen LogP contribution in [0.1, 0.15) is 36.5 Å². The minimum absolute atomic E-state index is 0.00306. The van der Waals surface area contributed by atoms with Crippen LogP contribution >= 0.6 is 0 Å². The summed E-state index contributed by atoms with van der Waals surface area (Å²) in [6, 6.07) is 18.6. The lowest BCUT2D eigenvalue weighted by atomic mass is 9.97. The fourth-order valence-electron chi connectivity index (χ4n) is 3.76. The first-order valence-corrected chi connectivity index (χ1v) is 11.0. The average molecular weight is 424 g/mol. The van der Waals surface area contributed by atoms with Gasteiger partial charge in [0.15, 0.2) is 5.96 Å². The first kappa shape index (κ1) is 22.8. The van der Waals surface area contributed by atoms with E-state index in [1.807, 2.05) is 18.2 Å². The van der Waals surface area contributed by atoms with E-state index in [9.17, 15) is 4.79 Å². The van der Waals surface area contributed by atoms with Gasteiger partial charge < -0.3 is 19.7 Å². The lowest BCUT2D eigenvalue weighted by molar-refractivity contribution is -0.146. The smallest absolute Gasteiger partial charge is 0.308 e. The fraction of sp³-hybridized carbons (Fsp3) is 0.440. The van der Waals surface area contributed by atoms with E-state index in [0.29, 0.717) is 19.8 Å². The number of ether oxygens (including phenoxy) is 2. The Bertz CT molecular complexity index is 846. The van der Waals surface area contributed by atoms with Gasteiger partial charge in [-0.3, -0.25) is 4.79 Å². The number of benzene rings is 2. The predicted molar refractivity (Wildman–Crippen MR) is 123 cm³/mol. The maximum atomic E-state index is 11.8. The lowest BCUT2D eigenvalue weighted by Gasteiger charge is -2.33. The number of carbonyl (C=O) groups is 1. The molecule has 0 radical (unpaired) electrons. The van der Waals surface area contributed by atoms with E-state index in [2.05, 4.69) is 53.5 Å². The minimum atomic E-state index is -0.104. The van der Waals surface area contributed by atoms with Gasteiger partial charge in [0.2, 0.25) is 0 Å². The second-order valence-corrected chi connectivity index (χ2v) is 7.75. The van der Waals surface area contributed by atoms with E-state index >= 15 is 0 Å². The molecule has 0 saturated carbocycles.